The molecule has 0 aromatic carbocycles. The Kier molecular flexibility index (Phi) is 3.24. The molecule has 0 aliphatic heterocycles. The Balaban J connectivity index is 1.49. The summed E-state index contributed by atoms with van der Waals surface area (Å²) in [5, 5.41) is 3.91. The molecule has 3 saturated carbocycles. The molecule has 16 heavy (non-hydrogen) atoms. The normalized spacial score (nSPS) is 41.4. The smallest absolute Gasteiger partial charge is 0.00724 e. The van der Waals surface area contributed by atoms with Crippen LogP contribution in [-0.4, -0.2) is 12.1 Å². The summed E-state index contributed by atoms with van der Waals surface area (Å²) in [6.45, 7) is 2.41. The van der Waals surface area contributed by atoms with Crippen LogP contribution < -0.4 is 5.32 Å². The van der Waals surface area contributed by atoms with Crippen molar-refractivity contribution in [1.82, 2.24) is 5.32 Å². The van der Waals surface area contributed by atoms with Crippen molar-refractivity contribution in [3.8, 4) is 0 Å². The van der Waals surface area contributed by atoms with Crippen LogP contribution in [0.5, 0.6) is 0 Å². The standard InChI is InChI=1S/C15H27N/c1-11(12-6-7-12)16-15-9-8-13-4-2-3-5-14(13)10-15/h11-16H,2-10H2,1H3. The fraction of sp³-hybridized carbons (Fsp3) is 1.00. The lowest BCUT2D eigenvalue weighted by atomic mass is 9.69. The van der Waals surface area contributed by atoms with Crippen LogP contribution in [0.25, 0.3) is 0 Å². The number of nitrogens with one attached hydrogen (secondary N) is 1. The zero-order chi connectivity index (χ0) is 11.0. The van der Waals surface area contributed by atoms with E-state index in [9.17, 15) is 0 Å². The molecular formula is C15H27N. The van der Waals surface area contributed by atoms with Crippen molar-refractivity contribution in [3.63, 3.8) is 0 Å². The highest BCUT2D eigenvalue weighted by Gasteiger charge is 2.34. The largest absolute Gasteiger partial charge is 0.311 e. The van der Waals surface area contributed by atoms with Crippen molar-refractivity contribution >= 4 is 0 Å². The molecule has 1 nitrogen and oxygen atoms in total. The van der Waals surface area contributed by atoms with Gasteiger partial charge in [-0.1, -0.05) is 25.7 Å². The van der Waals surface area contributed by atoms with Gasteiger partial charge in [-0.15, -0.1) is 0 Å². The molecule has 3 rings (SSSR count). The first-order chi connectivity index (χ1) is 7.83. The van der Waals surface area contributed by atoms with Crippen molar-refractivity contribution in [1.29, 1.82) is 0 Å². The molecule has 4 unspecified atom stereocenters. The molecule has 0 saturated heterocycles. The molecule has 0 heterocycles. The van der Waals surface area contributed by atoms with Gasteiger partial charge in [0.1, 0.15) is 0 Å². The van der Waals surface area contributed by atoms with Gasteiger partial charge in [0, 0.05) is 12.1 Å². The second-order valence-electron chi connectivity index (χ2n) is 6.61. The molecule has 0 spiro atoms. The Hall–Kier alpha value is -0.0400. The van der Waals surface area contributed by atoms with Gasteiger partial charge in [0.15, 0.2) is 0 Å². The summed E-state index contributed by atoms with van der Waals surface area (Å²) in [5.74, 6) is 3.19. The first-order valence-corrected chi connectivity index (χ1v) is 7.59. The van der Waals surface area contributed by atoms with E-state index in [-0.39, 0.29) is 0 Å². The number of rotatable bonds is 3. The van der Waals surface area contributed by atoms with E-state index >= 15 is 0 Å². The Bertz CT molecular complexity index is 234. The van der Waals surface area contributed by atoms with Crippen LogP contribution >= 0.6 is 0 Å². The number of fused-ring (bicyclic) bond motifs is 1. The van der Waals surface area contributed by atoms with Crippen LogP contribution in [0.3, 0.4) is 0 Å². The minimum absolute atomic E-state index is 0.796. The highest BCUT2D eigenvalue weighted by Crippen LogP contribution is 2.41. The molecule has 3 aliphatic carbocycles. The fourth-order valence-corrected chi connectivity index (χ4v) is 4.13. The molecule has 0 radical (unpaired) electrons. The Morgan fingerprint density at radius 2 is 1.62 bits per heavy atom. The Morgan fingerprint density at radius 1 is 0.875 bits per heavy atom. The average molecular weight is 221 g/mol. The van der Waals surface area contributed by atoms with E-state index in [1.165, 1.54) is 57.8 Å². The molecule has 3 aliphatic rings. The van der Waals surface area contributed by atoms with Crippen LogP contribution in [0, 0.1) is 17.8 Å². The first-order valence-electron chi connectivity index (χ1n) is 7.59. The third-order valence-corrected chi connectivity index (χ3v) is 5.37. The van der Waals surface area contributed by atoms with Gasteiger partial charge in [-0.2, -0.15) is 0 Å². The molecular weight excluding hydrogens is 194 g/mol. The van der Waals surface area contributed by atoms with Crippen LogP contribution in [0.15, 0.2) is 0 Å². The summed E-state index contributed by atoms with van der Waals surface area (Å²) < 4.78 is 0. The van der Waals surface area contributed by atoms with Gasteiger partial charge >= 0.3 is 0 Å². The summed E-state index contributed by atoms with van der Waals surface area (Å²) in [6, 6.07) is 1.65. The van der Waals surface area contributed by atoms with Crippen LogP contribution in [0.1, 0.15) is 64.7 Å². The SMILES string of the molecule is CC(NC1CCC2CCCCC2C1)C1CC1. The Labute approximate surface area is 100 Å². The minimum atomic E-state index is 0.796. The summed E-state index contributed by atoms with van der Waals surface area (Å²) in [4.78, 5) is 0. The lowest BCUT2D eigenvalue weighted by molar-refractivity contribution is 0.138. The second-order valence-corrected chi connectivity index (χ2v) is 6.61. The summed E-state index contributed by atoms with van der Waals surface area (Å²) in [7, 11) is 0. The first kappa shape index (κ1) is 11.1. The monoisotopic (exact) mass is 221 g/mol. The van der Waals surface area contributed by atoms with Crippen molar-refractivity contribution in [3.05, 3.63) is 0 Å². The van der Waals surface area contributed by atoms with E-state index in [4.69, 9.17) is 0 Å². The zero-order valence-corrected chi connectivity index (χ0v) is 10.8. The van der Waals surface area contributed by atoms with E-state index < -0.39 is 0 Å². The van der Waals surface area contributed by atoms with Crippen molar-refractivity contribution in [2.75, 3.05) is 0 Å². The predicted molar refractivity (Wildman–Crippen MR) is 68.4 cm³/mol. The minimum Gasteiger partial charge on any atom is -0.311 e. The molecule has 1 N–H and O–H groups in total. The van der Waals surface area contributed by atoms with E-state index in [0.717, 1.165) is 29.8 Å². The van der Waals surface area contributed by atoms with E-state index in [1.54, 1.807) is 0 Å². The number of hydrogen-bond donors (Lipinski definition) is 1. The molecule has 92 valence electrons. The highest BCUT2D eigenvalue weighted by atomic mass is 15.0. The average Bonchev–Trinajstić information content (AvgIpc) is 3.12. The third kappa shape index (κ3) is 2.45. The van der Waals surface area contributed by atoms with E-state index in [2.05, 4.69) is 12.2 Å². The van der Waals surface area contributed by atoms with Crippen molar-refractivity contribution in [2.24, 2.45) is 17.8 Å². The van der Waals surface area contributed by atoms with E-state index in [0.29, 0.717) is 0 Å². The second kappa shape index (κ2) is 4.68. The zero-order valence-electron chi connectivity index (χ0n) is 10.8. The maximum Gasteiger partial charge on any atom is 0.00724 e. The van der Waals surface area contributed by atoms with Gasteiger partial charge in [-0.25, -0.2) is 0 Å². The molecule has 0 aromatic rings. The molecule has 0 bridgehead atoms. The maximum absolute atomic E-state index is 3.91. The quantitative estimate of drug-likeness (QED) is 0.765. The van der Waals surface area contributed by atoms with Gasteiger partial charge in [-0.05, 0) is 56.8 Å². The number of hydrogen-bond acceptors (Lipinski definition) is 1. The molecule has 0 aromatic heterocycles. The third-order valence-electron chi connectivity index (χ3n) is 5.37. The van der Waals surface area contributed by atoms with Crippen molar-refractivity contribution < 1.29 is 0 Å². The summed E-state index contributed by atoms with van der Waals surface area (Å²) in [5.41, 5.74) is 0. The molecule has 4 atom stereocenters. The van der Waals surface area contributed by atoms with Gasteiger partial charge < -0.3 is 5.32 Å². The topological polar surface area (TPSA) is 12.0 Å². The van der Waals surface area contributed by atoms with Gasteiger partial charge in [0.2, 0.25) is 0 Å². The van der Waals surface area contributed by atoms with Crippen molar-refractivity contribution in [2.45, 2.75) is 76.8 Å². The van der Waals surface area contributed by atoms with Gasteiger partial charge in [0.25, 0.3) is 0 Å². The maximum atomic E-state index is 3.91. The van der Waals surface area contributed by atoms with Crippen LogP contribution in [-0.2, 0) is 0 Å². The summed E-state index contributed by atoms with van der Waals surface area (Å²) in [6.07, 6.45) is 13.5. The van der Waals surface area contributed by atoms with Gasteiger partial charge in [-0.3, -0.25) is 0 Å². The van der Waals surface area contributed by atoms with Gasteiger partial charge in [0.05, 0.1) is 0 Å². The predicted octanol–water partition coefficient (Wildman–Crippen LogP) is 3.73. The Morgan fingerprint density at radius 3 is 2.38 bits per heavy atom. The fourth-order valence-electron chi connectivity index (χ4n) is 4.13. The molecule has 0 amide bonds. The lowest BCUT2D eigenvalue weighted by Gasteiger charge is -2.40. The highest BCUT2D eigenvalue weighted by molar-refractivity contribution is 4.90. The summed E-state index contributed by atoms with van der Waals surface area (Å²) >= 11 is 0. The van der Waals surface area contributed by atoms with Crippen LogP contribution in [0.4, 0.5) is 0 Å². The van der Waals surface area contributed by atoms with E-state index in [1.807, 2.05) is 0 Å². The lowest BCUT2D eigenvalue weighted by Crippen LogP contribution is -2.43. The molecule has 3 fully saturated rings. The molecule has 1 heteroatoms. The van der Waals surface area contributed by atoms with Crippen LogP contribution in [0.2, 0.25) is 0 Å².